The molecule has 3 heteroatoms. The smallest absolute Gasteiger partial charge is 0.00773 e. The molecule has 186 valence electrons. The van der Waals surface area contributed by atoms with Gasteiger partial charge in [-0.3, -0.25) is 0 Å². The Labute approximate surface area is 198 Å². The maximum Gasteiger partial charge on any atom is -0.00773 e. The largest absolute Gasteiger partial charge is 0.330 e. The molecule has 0 rings (SSSR count). The minimum absolute atomic E-state index is 0. The van der Waals surface area contributed by atoms with E-state index < -0.39 is 0 Å². The maximum atomic E-state index is 5.51. The number of nitrogens with zero attached hydrogens (tertiary/aromatic N) is 1. The van der Waals surface area contributed by atoms with Crippen molar-refractivity contribution in [2.75, 3.05) is 27.7 Å². The van der Waals surface area contributed by atoms with E-state index in [2.05, 4.69) is 6.92 Å². The molecule has 0 radical (unpaired) electrons. The van der Waals surface area contributed by atoms with Crippen molar-refractivity contribution >= 4 is 12.4 Å². The number of hydrogen-bond acceptors (Lipinski definition) is 2. The fourth-order valence-corrected chi connectivity index (χ4v) is 3.75. The van der Waals surface area contributed by atoms with Crippen LogP contribution in [0, 0.1) is 0 Å². The Morgan fingerprint density at radius 3 is 0.733 bits per heavy atom. The molecule has 0 aromatic rings. The van der Waals surface area contributed by atoms with Gasteiger partial charge in [0.05, 0.1) is 0 Å². The van der Waals surface area contributed by atoms with E-state index >= 15 is 0 Å². The lowest BCUT2D eigenvalue weighted by Gasteiger charge is -2.04. The van der Waals surface area contributed by atoms with Gasteiger partial charge in [0.1, 0.15) is 0 Å². The van der Waals surface area contributed by atoms with Crippen LogP contribution in [-0.2, 0) is 0 Å². The fraction of sp³-hybridized carbons (Fsp3) is 1.00. The Bertz CT molecular complexity index is 234. The molecule has 0 saturated heterocycles. The van der Waals surface area contributed by atoms with Gasteiger partial charge < -0.3 is 10.6 Å². The topological polar surface area (TPSA) is 29.3 Å². The van der Waals surface area contributed by atoms with E-state index in [0.717, 1.165) is 6.54 Å². The van der Waals surface area contributed by atoms with Crippen molar-refractivity contribution in [2.24, 2.45) is 5.73 Å². The van der Waals surface area contributed by atoms with Gasteiger partial charge in [0.2, 0.25) is 0 Å². The Balaban J connectivity index is -0.00000133. The van der Waals surface area contributed by atoms with Crippen molar-refractivity contribution in [1.29, 1.82) is 0 Å². The van der Waals surface area contributed by atoms with E-state index in [1.807, 2.05) is 26.0 Å². The van der Waals surface area contributed by atoms with E-state index in [1.54, 1.807) is 0 Å². The molecule has 0 aliphatic carbocycles. The van der Waals surface area contributed by atoms with Gasteiger partial charge in [-0.15, -0.1) is 12.4 Å². The van der Waals surface area contributed by atoms with E-state index in [9.17, 15) is 0 Å². The Morgan fingerprint density at radius 2 is 0.567 bits per heavy atom. The average Bonchev–Trinajstić information content (AvgIpc) is 2.69. The van der Waals surface area contributed by atoms with Gasteiger partial charge in [-0.05, 0) is 34.1 Å². The quantitative estimate of drug-likeness (QED) is 0.167. The van der Waals surface area contributed by atoms with Gasteiger partial charge in [0, 0.05) is 0 Å². The molecule has 0 unspecified atom stereocenters. The van der Waals surface area contributed by atoms with Crippen LogP contribution in [0.2, 0.25) is 0 Å². The molecular weight excluding hydrogens is 388 g/mol. The normalized spacial score (nSPS) is 10.6. The van der Waals surface area contributed by atoms with Crippen molar-refractivity contribution < 1.29 is 0 Å². The van der Waals surface area contributed by atoms with E-state index in [4.69, 9.17) is 5.73 Å². The van der Waals surface area contributed by atoms with Crippen LogP contribution in [-0.4, -0.2) is 32.6 Å². The predicted molar refractivity (Wildman–Crippen MR) is 143 cm³/mol. The highest BCUT2D eigenvalue weighted by Crippen LogP contribution is 2.15. The van der Waals surface area contributed by atoms with Crippen LogP contribution in [0.15, 0.2) is 0 Å². The molecule has 0 spiro atoms. The monoisotopic (exact) mass is 448 g/mol. The summed E-state index contributed by atoms with van der Waals surface area (Å²) >= 11 is 0. The lowest BCUT2D eigenvalue weighted by Crippen LogP contribution is -1.99. The Hall–Kier alpha value is 0.210. The lowest BCUT2D eigenvalue weighted by molar-refractivity contribution is 0.505. The van der Waals surface area contributed by atoms with Crippen molar-refractivity contribution in [2.45, 2.75) is 148 Å². The van der Waals surface area contributed by atoms with Crippen LogP contribution >= 0.6 is 12.4 Å². The predicted octanol–water partition coefficient (Wildman–Crippen LogP) is 9.15. The first kappa shape index (κ1) is 34.8. The second-order valence-corrected chi connectivity index (χ2v) is 9.55. The second-order valence-electron chi connectivity index (χ2n) is 9.55. The van der Waals surface area contributed by atoms with Crippen LogP contribution in [0.1, 0.15) is 148 Å². The standard InChI is InChI=1S/C24H51N.C3H9N.ClH/c1-2-3-4-5-6-7-8-9-10-11-12-13-14-15-16-17-18-19-20-21-22-23-24-25;1-4(2)3;/h2-25H2,1H3;1-3H3;1H. The van der Waals surface area contributed by atoms with Crippen LogP contribution in [0.25, 0.3) is 0 Å². The molecule has 0 amide bonds. The zero-order valence-corrected chi connectivity index (χ0v) is 22.5. The summed E-state index contributed by atoms with van der Waals surface area (Å²) in [6.45, 7) is 3.17. The third kappa shape index (κ3) is 42.3. The van der Waals surface area contributed by atoms with Crippen molar-refractivity contribution in [3.63, 3.8) is 0 Å². The molecule has 0 aliphatic heterocycles. The molecule has 0 aliphatic rings. The number of hydrogen-bond donors (Lipinski definition) is 1. The molecule has 2 N–H and O–H groups in total. The fourth-order valence-electron chi connectivity index (χ4n) is 3.75. The zero-order valence-electron chi connectivity index (χ0n) is 21.7. The molecule has 0 saturated carbocycles. The van der Waals surface area contributed by atoms with Gasteiger partial charge in [0.25, 0.3) is 0 Å². The number of rotatable bonds is 22. The lowest BCUT2D eigenvalue weighted by atomic mass is 10.0. The Kier molecular flexibility index (Phi) is 39.3. The van der Waals surface area contributed by atoms with Crippen molar-refractivity contribution in [1.82, 2.24) is 4.90 Å². The van der Waals surface area contributed by atoms with Gasteiger partial charge in [0.15, 0.2) is 0 Å². The summed E-state index contributed by atoms with van der Waals surface area (Å²) in [5, 5.41) is 0. The summed E-state index contributed by atoms with van der Waals surface area (Å²) in [5.74, 6) is 0. The van der Waals surface area contributed by atoms with Crippen molar-refractivity contribution in [3.8, 4) is 0 Å². The Morgan fingerprint density at radius 1 is 0.400 bits per heavy atom. The summed E-state index contributed by atoms with van der Waals surface area (Å²) in [4.78, 5) is 2.00. The molecule has 0 aromatic carbocycles. The molecule has 30 heavy (non-hydrogen) atoms. The van der Waals surface area contributed by atoms with Crippen LogP contribution < -0.4 is 5.73 Å². The van der Waals surface area contributed by atoms with Gasteiger partial charge >= 0.3 is 0 Å². The molecule has 0 bridgehead atoms. The van der Waals surface area contributed by atoms with E-state index in [1.165, 1.54) is 141 Å². The minimum Gasteiger partial charge on any atom is -0.330 e. The first-order chi connectivity index (χ1) is 14.1. The van der Waals surface area contributed by atoms with Crippen molar-refractivity contribution in [3.05, 3.63) is 0 Å². The van der Waals surface area contributed by atoms with E-state index in [-0.39, 0.29) is 12.4 Å². The molecular formula is C27H61ClN2. The minimum atomic E-state index is 0. The SMILES string of the molecule is CCCCCCCCCCCCCCCCCCCCCCCCN.CN(C)C.Cl. The summed E-state index contributed by atoms with van der Waals surface area (Å²) < 4.78 is 0. The average molecular weight is 449 g/mol. The second kappa shape index (κ2) is 33.8. The summed E-state index contributed by atoms with van der Waals surface area (Å²) in [6.07, 6.45) is 31.8. The van der Waals surface area contributed by atoms with Gasteiger partial charge in [-0.2, -0.15) is 0 Å². The number of halogens is 1. The van der Waals surface area contributed by atoms with E-state index in [0.29, 0.717) is 0 Å². The van der Waals surface area contributed by atoms with Crippen LogP contribution in [0.3, 0.4) is 0 Å². The third-order valence-corrected chi connectivity index (χ3v) is 5.56. The number of nitrogens with two attached hydrogens (primary N) is 1. The van der Waals surface area contributed by atoms with Gasteiger partial charge in [-0.1, -0.05) is 142 Å². The maximum absolute atomic E-state index is 5.51. The number of unbranched alkanes of at least 4 members (excludes halogenated alkanes) is 21. The highest BCUT2D eigenvalue weighted by atomic mass is 35.5. The van der Waals surface area contributed by atoms with Crippen LogP contribution in [0.5, 0.6) is 0 Å². The van der Waals surface area contributed by atoms with Crippen LogP contribution in [0.4, 0.5) is 0 Å². The highest BCUT2D eigenvalue weighted by Gasteiger charge is 1.95. The summed E-state index contributed by atoms with van der Waals surface area (Å²) in [5.41, 5.74) is 5.51. The first-order valence-corrected chi connectivity index (χ1v) is 13.5. The molecule has 0 atom stereocenters. The first-order valence-electron chi connectivity index (χ1n) is 13.5. The summed E-state index contributed by atoms with van der Waals surface area (Å²) in [6, 6.07) is 0. The molecule has 0 fully saturated rings. The highest BCUT2D eigenvalue weighted by molar-refractivity contribution is 5.85. The molecule has 0 heterocycles. The van der Waals surface area contributed by atoms with Gasteiger partial charge in [-0.25, -0.2) is 0 Å². The third-order valence-electron chi connectivity index (χ3n) is 5.56. The zero-order chi connectivity index (χ0) is 21.8. The molecule has 2 nitrogen and oxygen atoms in total. The summed E-state index contributed by atoms with van der Waals surface area (Å²) in [7, 11) is 6.00. The molecule has 0 aromatic heterocycles.